The lowest BCUT2D eigenvalue weighted by Crippen LogP contribution is -2.15. The third kappa shape index (κ3) is 4.31. The first kappa shape index (κ1) is 23.9. The van der Waals surface area contributed by atoms with Gasteiger partial charge in [0.05, 0.1) is 17.8 Å². The van der Waals surface area contributed by atoms with Crippen LogP contribution < -0.4 is 5.69 Å². The van der Waals surface area contributed by atoms with Crippen LogP contribution in [-0.2, 0) is 24.9 Å². The SMILES string of the molecule is Cn1cc(-n2c(-c3cn(CCCOCc4ccccc4)c4ccc(F)cc34)n[nH]c2=O)c2cc(F)ccc21. The molecule has 0 aliphatic rings. The molecule has 3 heterocycles. The number of fused-ring (bicyclic) bond motifs is 2. The number of halogens is 2. The summed E-state index contributed by atoms with van der Waals surface area (Å²) in [6.07, 6.45) is 4.37. The van der Waals surface area contributed by atoms with Crippen LogP contribution >= 0.6 is 0 Å². The van der Waals surface area contributed by atoms with Crippen LogP contribution in [0.15, 0.2) is 83.9 Å². The van der Waals surface area contributed by atoms with Gasteiger partial charge < -0.3 is 13.9 Å². The molecule has 0 amide bonds. The summed E-state index contributed by atoms with van der Waals surface area (Å²) in [6.45, 7) is 1.72. The van der Waals surface area contributed by atoms with Crippen LogP contribution in [0.3, 0.4) is 0 Å². The van der Waals surface area contributed by atoms with E-state index >= 15 is 0 Å². The number of H-pyrrole nitrogens is 1. The number of ether oxygens (including phenoxy) is 1. The van der Waals surface area contributed by atoms with Crippen molar-refractivity contribution < 1.29 is 13.5 Å². The molecule has 0 radical (unpaired) electrons. The normalized spacial score (nSPS) is 11.7. The summed E-state index contributed by atoms with van der Waals surface area (Å²) >= 11 is 0. The molecule has 6 rings (SSSR count). The molecule has 6 aromatic rings. The van der Waals surface area contributed by atoms with Gasteiger partial charge in [-0.15, -0.1) is 0 Å². The molecule has 7 nitrogen and oxygen atoms in total. The van der Waals surface area contributed by atoms with Crippen LogP contribution in [0, 0.1) is 11.6 Å². The molecule has 0 aliphatic carbocycles. The van der Waals surface area contributed by atoms with E-state index in [4.69, 9.17) is 4.74 Å². The van der Waals surface area contributed by atoms with Crippen molar-refractivity contribution in [2.24, 2.45) is 7.05 Å². The number of nitrogens with one attached hydrogen (secondary N) is 1. The van der Waals surface area contributed by atoms with E-state index < -0.39 is 11.5 Å². The van der Waals surface area contributed by atoms with Crippen LogP contribution in [0.25, 0.3) is 38.9 Å². The average Bonchev–Trinajstić information content (AvgIpc) is 3.56. The van der Waals surface area contributed by atoms with Gasteiger partial charge in [0.1, 0.15) is 11.6 Å². The second-order valence-electron chi connectivity index (χ2n) is 9.26. The molecule has 38 heavy (non-hydrogen) atoms. The molecule has 0 saturated carbocycles. The van der Waals surface area contributed by atoms with Crippen molar-refractivity contribution in [1.29, 1.82) is 0 Å². The lowest BCUT2D eigenvalue weighted by molar-refractivity contribution is 0.116. The molecule has 0 unspecified atom stereocenters. The van der Waals surface area contributed by atoms with Gasteiger partial charge in [0, 0.05) is 54.4 Å². The summed E-state index contributed by atoms with van der Waals surface area (Å²) in [5, 5.41) is 8.02. The Hall–Kier alpha value is -4.50. The van der Waals surface area contributed by atoms with E-state index in [1.54, 1.807) is 18.3 Å². The summed E-state index contributed by atoms with van der Waals surface area (Å²) in [6, 6.07) is 19.0. The highest BCUT2D eigenvalue weighted by Crippen LogP contribution is 2.33. The molecule has 1 N–H and O–H groups in total. The molecular formula is C29H25F2N5O2. The number of aromatic amines is 1. The minimum Gasteiger partial charge on any atom is -0.377 e. The second-order valence-corrected chi connectivity index (χ2v) is 9.26. The Morgan fingerprint density at radius 3 is 2.45 bits per heavy atom. The number of hydrogen-bond acceptors (Lipinski definition) is 3. The number of hydrogen-bond donors (Lipinski definition) is 1. The fourth-order valence-electron chi connectivity index (χ4n) is 4.96. The van der Waals surface area contributed by atoms with Gasteiger partial charge in [-0.25, -0.2) is 23.2 Å². The third-order valence-corrected chi connectivity index (χ3v) is 6.73. The zero-order valence-corrected chi connectivity index (χ0v) is 20.7. The fourth-order valence-corrected chi connectivity index (χ4v) is 4.96. The number of aryl methyl sites for hydroxylation is 2. The minimum atomic E-state index is -0.469. The average molecular weight is 514 g/mol. The summed E-state index contributed by atoms with van der Waals surface area (Å²) in [7, 11) is 1.83. The fraction of sp³-hybridized carbons (Fsp3) is 0.172. The highest BCUT2D eigenvalue weighted by atomic mass is 19.1. The molecule has 0 bridgehead atoms. The number of rotatable bonds is 8. The first-order valence-corrected chi connectivity index (χ1v) is 12.3. The van der Waals surface area contributed by atoms with E-state index in [0.29, 0.717) is 47.6 Å². The zero-order chi connectivity index (χ0) is 26.2. The van der Waals surface area contributed by atoms with Crippen LogP contribution in [0.5, 0.6) is 0 Å². The van der Waals surface area contributed by atoms with Gasteiger partial charge in [0.25, 0.3) is 0 Å². The number of aromatic nitrogens is 5. The summed E-state index contributed by atoms with van der Waals surface area (Å²) < 4.78 is 39.6. The van der Waals surface area contributed by atoms with Gasteiger partial charge >= 0.3 is 5.69 Å². The maximum absolute atomic E-state index is 14.4. The first-order chi connectivity index (χ1) is 18.5. The van der Waals surface area contributed by atoms with Crippen molar-refractivity contribution in [3.8, 4) is 17.1 Å². The molecule has 0 aliphatic heterocycles. The Morgan fingerprint density at radius 2 is 1.66 bits per heavy atom. The van der Waals surface area contributed by atoms with E-state index in [1.165, 1.54) is 28.8 Å². The highest BCUT2D eigenvalue weighted by Gasteiger charge is 2.21. The monoisotopic (exact) mass is 513 g/mol. The van der Waals surface area contributed by atoms with Gasteiger partial charge in [-0.2, -0.15) is 5.10 Å². The van der Waals surface area contributed by atoms with Gasteiger partial charge in [0.2, 0.25) is 0 Å². The number of nitrogens with zero attached hydrogens (tertiary/aromatic N) is 4. The van der Waals surface area contributed by atoms with E-state index in [2.05, 4.69) is 10.2 Å². The Bertz CT molecular complexity index is 1810. The summed E-state index contributed by atoms with van der Waals surface area (Å²) in [4.78, 5) is 13.0. The minimum absolute atomic E-state index is 0.321. The molecule has 3 aromatic heterocycles. The Morgan fingerprint density at radius 1 is 0.921 bits per heavy atom. The second kappa shape index (κ2) is 9.75. The summed E-state index contributed by atoms with van der Waals surface area (Å²) in [5.41, 5.74) is 3.31. The third-order valence-electron chi connectivity index (χ3n) is 6.73. The lowest BCUT2D eigenvalue weighted by Gasteiger charge is -2.07. The van der Waals surface area contributed by atoms with Crippen molar-refractivity contribution in [1.82, 2.24) is 23.9 Å². The van der Waals surface area contributed by atoms with Crippen LogP contribution in [-0.4, -0.2) is 30.5 Å². The topological polar surface area (TPSA) is 69.8 Å². The van der Waals surface area contributed by atoms with Crippen molar-refractivity contribution in [2.75, 3.05) is 6.61 Å². The molecule has 0 spiro atoms. The standard InChI is InChI=1S/C29H25F2N5O2/c1-34-17-27(23-15-21(31)8-10-25(23)34)36-28(32-33-29(36)37)24-16-35(26-11-9-20(30)14-22(24)26)12-5-13-38-18-19-6-3-2-4-7-19/h2-4,6-11,14-17H,5,12-13,18H2,1H3,(H,33,37). The smallest absolute Gasteiger partial charge is 0.348 e. The highest BCUT2D eigenvalue weighted by molar-refractivity contribution is 5.96. The summed E-state index contributed by atoms with van der Waals surface area (Å²) in [5.74, 6) is -0.475. The largest absolute Gasteiger partial charge is 0.377 e. The molecule has 192 valence electrons. The lowest BCUT2D eigenvalue weighted by atomic mass is 10.1. The van der Waals surface area contributed by atoms with Crippen molar-refractivity contribution in [2.45, 2.75) is 19.6 Å². The Balaban J connectivity index is 1.35. The molecule has 0 fully saturated rings. The van der Waals surface area contributed by atoms with E-state index in [1.807, 2.05) is 52.7 Å². The number of benzene rings is 3. The maximum Gasteiger partial charge on any atom is 0.348 e. The molecule has 0 atom stereocenters. The Labute approximate surface area is 216 Å². The maximum atomic E-state index is 14.4. The quantitative estimate of drug-likeness (QED) is 0.271. The molecule has 3 aromatic carbocycles. The predicted molar refractivity (Wildman–Crippen MR) is 142 cm³/mol. The van der Waals surface area contributed by atoms with Crippen LogP contribution in [0.1, 0.15) is 12.0 Å². The zero-order valence-electron chi connectivity index (χ0n) is 20.7. The van der Waals surface area contributed by atoms with Crippen molar-refractivity contribution in [3.05, 3.63) is 107 Å². The van der Waals surface area contributed by atoms with Crippen molar-refractivity contribution >= 4 is 21.8 Å². The molecular weight excluding hydrogens is 488 g/mol. The van der Waals surface area contributed by atoms with Crippen LogP contribution in [0.2, 0.25) is 0 Å². The molecule has 9 heteroatoms. The predicted octanol–water partition coefficient (Wildman–Crippen LogP) is 5.56. The molecule has 0 saturated heterocycles. The van der Waals surface area contributed by atoms with Gasteiger partial charge in [0.15, 0.2) is 5.82 Å². The van der Waals surface area contributed by atoms with Gasteiger partial charge in [-0.3, -0.25) is 0 Å². The Kier molecular flexibility index (Phi) is 6.13. The first-order valence-electron chi connectivity index (χ1n) is 12.3. The van der Waals surface area contributed by atoms with Crippen molar-refractivity contribution in [3.63, 3.8) is 0 Å². The van der Waals surface area contributed by atoms with E-state index in [-0.39, 0.29) is 5.82 Å². The van der Waals surface area contributed by atoms with E-state index in [9.17, 15) is 13.6 Å². The van der Waals surface area contributed by atoms with Crippen LogP contribution in [0.4, 0.5) is 8.78 Å². The van der Waals surface area contributed by atoms with Gasteiger partial charge in [-0.05, 0) is 48.4 Å². The van der Waals surface area contributed by atoms with E-state index in [0.717, 1.165) is 23.0 Å². The van der Waals surface area contributed by atoms with Gasteiger partial charge in [-0.1, -0.05) is 30.3 Å².